The number of ketones is 3. The van der Waals surface area contributed by atoms with Crippen molar-refractivity contribution >= 4 is 17.3 Å². The van der Waals surface area contributed by atoms with E-state index in [4.69, 9.17) is 0 Å². The molecule has 3 aliphatic carbocycles. The van der Waals surface area contributed by atoms with Crippen molar-refractivity contribution in [2.75, 3.05) is 0 Å². The van der Waals surface area contributed by atoms with Crippen LogP contribution in [0.5, 0.6) is 5.75 Å². The van der Waals surface area contributed by atoms with E-state index >= 15 is 0 Å². The highest BCUT2D eigenvalue weighted by Gasteiger charge is 2.76. The van der Waals surface area contributed by atoms with E-state index < -0.39 is 45.8 Å². The van der Waals surface area contributed by atoms with Gasteiger partial charge in [-0.25, -0.2) is 0 Å². The lowest BCUT2D eigenvalue weighted by molar-refractivity contribution is -0.249. The molecule has 0 bridgehead atoms. The van der Waals surface area contributed by atoms with E-state index in [0.29, 0.717) is 5.57 Å². The summed E-state index contributed by atoms with van der Waals surface area (Å²) >= 11 is 0. The van der Waals surface area contributed by atoms with E-state index in [2.05, 4.69) is 0 Å². The van der Waals surface area contributed by atoms with Gasteiger partial charge in [0, 0.05) is 12.0 Å². The maximum atomic E-state index is 13.1. The molecule has 136 valence electrons. The number of Topliss-reactive ketones (excluding diaryl/α,β-unsaturated/α-hetero) is 2. The van der Waals surface area contributed by atoms with Gasteiger partial charge in [-0.3, -0.25) is 14.4 Å². The van der Waals surface area contributed by atoms with Gasteiger partial charge in [-0.15, -0.1) is 0 Å². The predicted molar refractivity (Wildman–Crippen MR) is 87.7 cm³/mol. The number of carbonyl (C=O) groups excluding carboxylic acids is 3. The smallest absolute Gasteiger partial charge is 0.199 e. The van der Waals surface area contributed by atoms with Gasteiger partial charge >= 0.3 is 0 Å². The number of phenols is 1. The van der Waals surface area contributed by atoms with Gasteiger partial charge in [-0.05, 0) is 31.9 Å². The molecule has 26 heavy (non-hydrogen) atoms. The van der Waals surface area contributed by atoms with E-state index in [1.165, 1.54) is 18.2 Å². The van der Waals surface area contributed by atoms with Crippen molar-refractivity contribution in [1.82, 2.24) is 0 Å². The van der Waals surface area contributed by atoms with Gasteiger partial charge < -0.3 is 20.4 Å². The van der Waals surface area contributed by atoms with Crippen LogP contribution in [0.4, 0.5) is 0 Å². The number of fused-ring (bicyclic) bond motifs is 4. The van der Waals surface area contributed by atoms with Crippen LogP contribution < -0.4 is 0 Å². The topological polar surface area (TPSA) is 132 Å². The van der Waals surface area contributed by atoms with Crippen LogP contribution in [0.3, 0.4) is 0 Å². The van der Waals surface area contributed by atoms with Crippen LogP contribution >= 0.6 is 0 Å². The fourth-order valence-corrected chi connectivity index (χ4v) is 4.87. The molecule has 0 aromatic heterocycles. The summed E-state index contributed by atoms with van der Waals surface area (Å²) in [5, 5.41) is 43.6. The lowest BCUT2D eigenvalue weighted by Crippen LogP contribution is -2.81. The zero-order valence-electron chi connectivity index (χ0n) is 14.0. The first-order valence-corrected chi connectivity index (χ1v) is 8.37. The molecule has 1 fully saturated rings. The predicted octanol–water partition coefficient (Wildman–Crippen LogP) is 0.294. The minimum absolute atomic E-state index is 0.0986. The third-order valence-corrected chi connectivity index (χ3v) is 6.08. The highest BCUT2D eigenvalue weighted by molar-refractivity contribution is 6.23. The molecule has 7 heteroatoms. The summed E-state index contributed by atoms with van der Waals surface area (Å²) in [7, 11) is 0. The van der Waals surface area contributed by atoms with Crippen molar-refractivity contribution in [1.29, 1.82) is 0 Å². The Morgan fingerprint density at radius 3 is 2.50 bits per heavy atom. The van der Waals surface area contributed by atoms with Gasteiger partial charge in [0.15, 0.2) is 28.6 Å². The van der Waals surface area contributed by atoms with Crippen LogP contribution in [0, 0.1) is 5.92 Å². The third-order valence-electron chi connectivity index (χ3n) is 6.08. The molecular formula is C19H18O7. The average Bonchev–Trinajstić information content (AvgIpc) is 2.56. The first-order chi connectivity index (χ1) is 12.1. The van der Waals surface area contributed by atoms with Crippen molar-refractivity contribution in [3.05, 3.63) is 41.0 Å². The second-order valence-corrected chi connectivity index (χ2v) is 7.52. The van der Waals surface area contributed by atoms with Crippen LogP contribution in [0.25, 0.3) is 0 Å². The van der Waals surface area contributed by atoms with E-state index in [-0.39, 0.29) is 30.4 Å². The summed E-state index contributed by atoms with van der Waals surface area (Å²) in [5.41, 5.74) is -7.68. The summed E-state index contributed by atoms with van der Waals surface area (Å²) in [5.74, 6) is -4.61. The lowest BCUT2D eigenvalue weighted by Gasteiger charge is -2.58. The van der Waals surface area contributed by atoms with Crippen LogP contribution in [0.15, 0.2) is 29.8 Å². The lowest BCUT2D eigenvalue weighted by atomic mass is 9.49. The van der Waals surface area contributed by atoms with Crippen LogP contribution in [0.2, 0.25) is 0 Å². The number of aliphatic hydroxyl groups is 3. The second-order valence-electron chi connectivity index (χ2n) is 7.52. The monoisotopic (exact) mass is 358 g/mol. The van der Waals surface area contributed by atoms with E-state index in [1.807, 2.05) is 0 Å². The standard InChI is InChI=1S/C19H18O7/c1-9-7-13(21)19(26)17(24,8-9)6-5-11-15(22)14-10(3-2-4-12(14)20)16(23)18(11,19)25/h2-4,7,11,20,24-26H,5-6,8H2,1H3. The Kier molecular flexibility index (Phi) is 3.21. The quantitative estimate of drug-likeness (QED) is 0.524. The number of benzene rings is 1. The average molecular weight is 358 g/mol. The maximum absolute atomic E-state index is 13.1. The van der Waals surface area contributed by atoms with E-state index in [1.54, 1.807) is 6.92 Å². The van der Waals surface area contributed by atoms with Crippen molar-refractivity contribution in [3.63, 3.8) is 0 Å². The summed E-state index contributed by atoms with van der Waals surface area (Å²) < 4.78 is 0. The molecule has 4 N–H and O–H groups in total. The highest BCUT2D eigenvalue weighted by Crippen LogP contribution is 2.56. The summed E-state index contributed by atoms with van der Waals surface area (Å²) in [6, 6.07) is 3.82. The Morgan fingerprint density at radius 2 is 1.81 bits per heavy atom. The minimum Gasteiger partial charge on any atom is -0.507 e. The van der Waals surface area contributed by atoms with Crippen LogP contribution in [-0.4, -0.2) is 54.6 Å². The normalized spacial score (nSPS) is 39.0. The second kappa shape index (κ2) is 4.88. The SMILES string of the molecule is CC1=CC(=O)C2(O)C(O)(CCC3C(=O)c4c(O)cccc4C(=O)C32O)C1. The van der Waals surface area contributed by atoms with Gasteiger partial charge in [-0.1, -0.05) is 17.7 Å². The first kappa shape index (κ1) is 17.1. The van der Waals surface area contributed by atoms with Crippen LogP contribution in [-0.2, 0) is 4.79 Å². The van der Waals surface area contributed by atoms with Crippen molar-refractivity contribution < 1.29 is 34.8 Å². The number of rotatable bonds is 0. The first-order valence-electron chi connectivity index (χ1n) is 8.37. The Morgan fingerprint density at radius 1 is 1.12 bits per heavy atom. The molecule has 0 spiro atoms. The van der Waals surface area contributed by atoms with Gasteiger partial charge in [0.25, 0.3) is 0 Å². The van der Waals surface area contributed by atoms with Crippen molar-refractivity contribution in [3.8, 4) is 5.75 Å². The molecule has 0 heterocycles. The molecule has 0 radical (unpaired) electrons. The zero-order valence-corrected chi connectivity index (χ0v) is 14.0. The molecule has 4 rings (SSSR count). The minimum atomic E-state index is -2.83. The largest absolute Gasteiger partial charge is 0.507 e. The molecule has 1 aromatic rings. The fourth-order valence-electron chi connectivity index (χ4n) is 4.87. The molecule has 0 amide bonds. The van der Waals surface area contributed by atoms with Gasteiger partial charge in [0.2, 0.25) is 0 Å². The number of phenolic OH excluding ortho intramolecular Hbond substituents is 1. The van der Waals surface area contributed by atoms with Gasteiger partial charge in [-0.2, -0.15) is 0 Å². The third kappa shape index (κ3) is 1.66. The molecule has 3 aliphatic rings. The fraction of sp³-hybridized carbons (Fsp3) is 0.421. The Labute approximate surface area is 148 Å². The maximum Gasteiger partial charge on any atom is 0.199 e. The molecule has 0 aliphatic heterocycles. The number of carbonyl (C=O) groups is 3. The summed E-state index contributed by atoms with van der Waals surface area (Å²) in [6.07, 6.45) is 0.743. The summed E-state index contributed by atoms with van der Waals surface area (Å²) in [4.78, 5) is 38.8. The molecule has 0 saturated heterocycles. The van der Waals surface area contributed by atoms with Crippen molar-refractivity contribution in [2.24, 2.45) is 5.92 Å². The number of aromatic hydroxyl groups is 1. The highest BCUT2D eigenvalue weighted by atomic mass is 16.4. The number of hydrogen-bond donors (Lipinski definition) is 4. The van der Waals surface area contributed by atoms with Gasteiger partial charge in [0.1, 0.15) is 11.4 Å². The van der Waals surface area contributed by atoms with Gasteiger partial charge in [0.05, 0.1) is 11.5 Å². The Balaban J connectivity index is 2.02. The summed E-state index contributed by atoms with van der Waals surface area (Å²) in [6.45, 7) is 1.60. The molecular weight excluding hydrogens is 340 g/mol. The molecule has 1 aromatic carbocycles. The Hall–Kier alpha value is -2.35. The van der Waals surface area contributed by atoms with Crippen LogP contribution in [0.1, 0.15) is 46.9 Å². The van der Waals surface area contributed by atoms with Crippen molar-refractivity contribution in [2.45, 2.75) is 43.0 Å². The number of hydrogen-bond acceptors (Lipinski definition) is 7. The van der Waals surface area contributed by atoms with E-state index in [0.717, 1.165) is 6.08 Å². The molecule has 4 atom stereocenters. The van der Waals surface area contributed by atoms with E-state index in [9.17, 15) is 34.8 Å². The molecule has 1 saturated carbocycles. The molecule has 7 nitrogen and oxygen atoms in total. The zero-order chi connectivity index (χ0) is 19.1. The molecule has 4 unspecified atom stereocenters. The Bertz CT molecular complexity index is 916.